The van der Waals surface area contributed by atoms with Crippen LogP contribution < -0.4 is 19.9 Å². The smallest absolute Gasteiger partial charge is 0.269 e. The minimum Gasteiger partial charge on any atom is -0.497 e. The van der Waals surface area contributed by atoms with Gasteiger partial charge in [-0.15, -0.1) is 11.8 Å². The fraction of sp³-hybridized carbons (Fsp3) is 0.208. The molecule has 2 aromatic carbocycles. The monoisotopic (exact) mass is 463 g/mol. The predicted molar refractivity (Wildman–Crippen MR) is 124 cm³/mol. The number of furan rings is 1. The van der Waals surface area contributed by atoms with Crippen molar-refractivity contribution in [2.45, 2.75) is 11.4 Å². The van der Waals surface area contributed by atoms with Crippen LogP contribution in [0.3, 0.4) is 0 Å². The molecule has 2 aliphatic heterocycles. The number of amides is 3. The number of fused-ring (bicyclic) bond motifs is 2. The fourth-order valence-corrected chi connectivity index (χ4v) is 5.60. The molecule has 33 heavy (non-hydrogen) atoms. The molecule has 1 atom stereocenters. The molecule has 3 aromatic rings. The summed E-state index contributed by atoms with van der Waals surface area (Å²) < 4.78 is 10.5. The summed E-state index contributed by atoms with van der Waals surface area (Å²) in [4.78, 5) is 41.3. The second kappa shape index (κ2) is 8.32. The number of rotatable bonds is 6. The summed E-state index contributed by atoms with van der Waals surface area (Å²) in [5, 5.41) is 2.78. The van der Waals surface area contributed by atoms with Gasteiger partial charge in [0.1, 0.15) is 18.1 Å². The number of methoxy groups -OCH3 is 1. The van der Waals surface area contributed by atoms with E-state index in [-0.39, 0.29) is 36.6 Å². The number of carbonyl (C=O) groups is 3. The first-order chi connectivity index (χ1) is 16.0. The lowest BCUT2D eigenvalue weighted by atomic mass is 10.0. The van der Waals surface area contributed by atoms with E-state index in [1.54, 1.807) is 54.5 Å². The largest absolute Gasteiger partial charge is 0.497 e. The maximum atomic E-state index is 13.9. The van der Waals surface area contributed by atoms with Crippen LogP contribution in [0.1, 0.15) is 11.3 Å². The molecule has 9 heteroatoms. The van der Waals surface area contributed by atoms with Gasteiger partial charge in [0, 0.05) is 11.3 Å². The normalized spacial score (nSPS) is 19.3. The lowest BCUT2D eigenvalue weighted by Crippen LogP contribution is -2.51. The van der Waals surface area contributed by atoms with Crippen LogP contribution in [0.25, 0.3) is 0 Å². The molecule has 0 bridgehead atoms. The molecule has 1 fully saturated rings. The number of para-hydroxylation sites is 1. The van der Waals surface area contributed by atoms with Crippen LogP contribution >= 0.6 is 11.8 Å². The van der Waals surface area contributed by atoms with Gasteiger partial charge in [0.15, 0.2) is 0 Å². The summed E-state index contributed by atoms with van der Waals surface area (Å²) in [7, 11) is 1.57. The van der Waals surface area contributed by atoms with Crippen molar-refractivity contribution >= 4 is 40.9 Å². The zero-order valence-corrected chi connectivity index (χ0v) is 18.6. The third-order valence-electron chi connectivity index (χ3n) is 5.74. The molecule has 5 rings (SSSR count). The Balaban J connectivity index is 1.48. The molecule has 1 unspecified atom stereocenters. The summed E-state index contributed by atoms with van der Waals surface area (Å²) in [5.41, 5.74) is 1.91. The first-order valence-corrected chi connectivity index (χ1v) is 11.3. The number of nitrogens with one attached hydrogen (secondary N) is 1. The van der Waals surface area contributed by atoms with E-state index in [0.717, 1.165) is 0 Å². The van der Waals surface area contributed by atoms with Gasteiger partial charge in [-0.3, -0.25) is 24.2 Å². The maximum absolute atomic E-state index is 13.9. The van der Waals surface area contributed by atoms with Gasteiger partial charge in [-0.25, -0.2) is 0 Å². The summed E-state index contributed by atoms with van der Waals surface area (Å²) in [6.07, 6.45) is 1.54. The van der Waals surface area contributed by atoms with Crippen LogP contribution in [0.4, 0.5) is 11.4 Å². The van der Waals surface area contributed by atoms with Gasteiger partial charge in [-0.05, 0) is 42.5 Å². The van der Waals surface area contributed by atoms with Crippen LogP contribution in [0.5, 0.6) is 5.75 Å². The van der Waals surface area contributed by atoms with Crippen molar-refractivity contribution in [3.63, 3.8) is 0 Å². The van der Waals surface area contributed by atoms with Gasteiger partial charge in [-0.1, -0.05) is 18.2 Å². The Bertz CT molecular complexity index is 1210. The molecule has 3 heterocycles. The Morgan fingerprint density at radius 3 is 2.64 bits per heavy atom. The number of hydrogen-bond acceptors (Lipinski definition) is 6. The topological polar surface area (TPSA) is 92.1 Å². The standard InChI is InChI=1S/C24H21N3O5S/c1-31-17-10-8-16(9-11-17)27-22(29)15-33-24(27)19-6-2-3-7-20(19)26(23(24)30)14-21(28)25-13-18-5-4-12-32-18/h2-12H,13-15H2,1H3,(H,25,28). The van der Waals surface area contributed by atoms with E-state index in [4.69, 9.17) is 9.15 Å². The number of benzene rings is 2. The number of carbonyl (C=O) groups excluding carboxylic acids is 3. The van der Waals surface area contributed by atoms with Crippen molar-refractivity contribution in [3.8, 4) is 5.75 Å². The molecule has 1 saturated heterocycles. The minimum absolute atomic E-state index is 0.157. The average Bonchev–Trinajstić information content (AvgIpc) is 3.54. The van der Waals surface area contributed by atoms with Crippen LogP contribution in [-0.2, 0) is 25.8 Å². The number of ether oxygens (including phenoxy) is 1. The summed E-state index contributed by atoms with van der Waals surface area (Å²) in [6.45, 7) is 0.0649. The summed E-state index contributed by atoms with van der Waals surface area (Å²) >= 11 is 1.27. The third-order valence-corrected chi connectivity index (χ3v) is 7.12. The highest BCUT2D eigenvalue weighted by atomic mass is 32.2. The molecular weight excluding hydrogens is 442 g/mol. The van der Waals surface area contributed by atoms with E-state index in [9.17, 15) is 14.4 Å². The van der Waals surface area contributed by atoms with Crippen molar-refractivity contribution in [2.75, 3.05) is 29.2 Å². The number of nitrogens with zero attached hydrogens (tertiary/aromatic N) is 2. The van der Waals surface area contributed by atoms with Gasteiger partial charge in [0.2, 0.25) is 16.7 Å². The zero-order chi connectivity index (χ0) is 23.0. The fourth-order valence-electron chi connectivity index (χ4n) is 4.24. The second-order valence-electron chi connectivity index (χ2n) is 7.62. The number of hydrogen-bond donors (Lipinski definition) is 1. The quantitative estimate of drug-likeness (QED) is 0.605. The maximum Gasteiger partial charge on any atom is 0.269 e. The SMILES string of the molecule is COc1ccc(N2C(=O)CSC23C(=O)N(CC(=O)NCc2ccco2)c2ccccc23)cc1. The van der Waals surface area contributed by atoms with Crippen LogP contribution in [0.2, 0.25) is 0 Å². The highest BCUT2D eigenvalue weighted by molar-refractivity contribution is 8.02. The molecule has 3 amide bonds. The Morgan fingerprint density at radius 1 is 1.12 bits per heavy atom. The number of thioether (sulfide) groups is 1. The van der Waals surface area contributed by atoms with Gasteiger partial charge >= 0.3 is 0 Å². The predicted octanol–water partition coefficient (Wildman–Crippen LogP) is 2.88. The average molecular weight is 464 g/mol. The van der Waals surface area contributed by atoms with Crippen molar-refractivity contribution < 1.29 is 23.5 Å². The van der Waals surface area contributed by atoms with Crippen LogP contribution in [0.15, 0.2) is 71.3 Å². The van der Waals surface area contributed by atoms with Crippen LogP contribution in [0, 0.1) is 0 Å². The third kappa shape index (κ3) is 3.45. The first kappa shape index (κ1) is 21.1. The molecule has 0 saturated carbocycles. The van der Waals surface area contributed by atoms with E-state index in [1.807, 2.05) is 18.2 Å². The van der Waals surface area contributed by atoms with E-state index < -0.39 is 4.87 Å². The van der Waals surface area contributed by atoms with Crippen molar-refractivity contribution in [3.05, 3.63) is 78.3 Å². The summed E-state index contributed by atoms with van der Waals surface area (Å²) in [5.74, 6) is 0.624. The lowest BCUT2D eigenvalue weighted by molar-refractivity contribution is -0.125. The van der Waals surface area contributed by atoms with Gasteiger partial charge in [0.05, 0.1) is 31.4 Å². The highest BCUT2D eigenvalue weighted by Crippen LogP contribution is 2.55. The molecule has 0 radical (unpaired) electrons. The molecular formula is C24H21N3O5S. The molecule has 2 aliphatic rings. The second-order valence-corrected chi connectivity index (χ2v) is 8.79. The molecule has 1 N–H and O–H groups in total. The molecule has 0 aliphatic carbocycles. The Morgan fingerprint density at radius 2 is 1.91 bits per heavy atom. The van der Waals surface area contributed by atoms with E-state index >= 15 is 0 Å². The molecule has 8 nitrogen and oxygen atoms in total. The van der Waals surface area contributed by atoms with E-state index in [0.29, 0.717) is 28.4 Å². The van der Waals surface area contributed by atoms with Gasteiger partial charge in [-0.2, -0.15) is 0 Å². The zero-order valence-electron chi connectivity index (χ0n) is 17.8. The Hall–Kier alpha value is -3.72. The molecule has 1 aromatic heterocycles. The van der Waals surface area contributed by atoms with Crippen molar-refractivity contribution in [1.82, 2.24) is 5.32 Å². The van der Waals surface area contributed by atoms with Crippen LogP contribution in [-0.4, -0.2) is 37.1 Å². The van der Waals surface area contributed by atoms with Gasteiger partial charge in [0.25, 0.3) is 5.91 Å². The van der Waals surface area contributed by atoms with Crippen molar-refractivity contribution in [2.24, 2.45) is 0 Å². The van der Waals surface area contributed by atoms with Gasteiger partial charge < -0.3 is 14.5 Å². The van der Waals surface area contributed by atoms with E-state index in [2.05, 4.69) is 5.32 Å². The highest BCUT2D eigenvalue weighted by Gasteiger charge is 2.61. The molecule has 1 spiro atoms. The number of anilines is 2. The van der Waals surface area contributed by atoms with Crippen molar-refractivity contribution in [1.29, 1.82) is 0 Å². The summed E-state index contributed by atoms with van der Waals surface area (Å²) in [6, 6.07) is 17.8. The Kier molecular flexibility index (Phi) is 5.33. The molecule has 168 valence electrons. The Labute approximate surface area is 194 Å². The first-order valence-electron chi connectivity index (χ1n) is 10.4. The minimum atomic E-state index is -1.26. The lowest BCUT2D eigenvalue weighted by Gasteiger charge is -2.33. The van der Waals surface area contributed by atoms with E-state index in [1.165, 1.54) is 22.9 Å².